The van der Waals surface area contributed by atoms with Gasteiger partial charge in [0, 0.05) is 47.6 Å². The fraction of sp³-hybridized carbons (Fsp3) is 0. The predicted octanol–water partition coefficient (Wildman–Crippen LogP) is 16.6. The van der Waals surface area contributed by atoms with E-state index < -0.39 is 0 Å². The van der Waals surface area contributed by atoms with Gasteiger partial charge >= 0.3 is 0 Å². The Morgan fingerprint density at radius 2 is 0.938 bits per heavy atom. The van der Waals surface area contributed by atoms with E-state index in [2.05, 4.69) is 229 Å². The van der Waals surface area contributed by atoms with Gasteiger partial charge in [0.25, 0.3) is 0 Å². The maximum atomic E-state index is 5.33. The van der Waals surface area contributed by atoms with Gasteiger partial charge in [0.05, 0.1) is 28.1 Å². The molecule has 3 aromatic heterocycles. The van der Waals surface area contributed by atoms with Gasteiger partial charge in [-0.15, -0.1) is 11.3 Å². The first-order chi connectivity index (χ1) is 31.7. The van der Waals surface area contributed by atoms with E-state index in [-0.39, 0.29) is 0 Å². The molecule has 0 amide bonds. The molecule has 0 fully saturated rings. The zero-order valence-corrected chi connectivity index (χ0v) is 35.4. The molecule has 0 aliphatic rings. The summed E-state index contributed by atoms with van der Waals surface area (Å²) >= 11 is 1.83. The van der Waals surface area contributed by atoms with Crippen LogP contribution in [0.1, 0.15) is 0 Å². The summed E-state index contributed by atoms with van der Waals surface area (Å²) in [7, 11) is 0. The van der Waals surface area contributed by atoms with E-state index in [1.54, 1.807) is 0 Å². The van der Waals surface area contributed by atoms with Crippen LogP contribution in [0.3, 0.4) is 0 Å². The first-order valence-corrected chi connectivity index (χ1v) is 22.5. The Bertz CT molecular complexity index is 3950. The molecule has 13 aromatic rings. The standard InChI is InChI=1S/C60H37N3S/c1-2-12-38(13-3-1)44-17-10-18-46(35-44)52-37-51(42-27-24-40(25-28-42)45-29-26-39-14-4-5-16-43(39)34-45)61-60(62-52)47-30-32-50-57(36-47)64-56-23-11-22-54(59(50)56)63-53-21-9-8-20-49(53)58-48-19-7-6-15-41(48)31-33-55(58)63/h1-37H. The number of hydrogen-bond acceptors (Lipinski definition) is 3. The molecule has 0 unspecified atom stereocenters. The van der Waals surface area contributed by atoms with Crippen LogP contribution in [-0.2, 0) is 0 Å². The second-order valence-corrected chi connectivity index (χ2v) is 17.6. The van der Waals surface area contributed by atoms with Crippen molar-refractivity contribution < 1.29 is 0 Å². The zero-order valence-electron chi connectivity index (χ0n) is 34.6. The number of fused-ring (bicyclic) bond motifs is 9. The molecule has 0 N–H and O–H groups in total. The third kappa shape index (κ3) is 6.03. The van der Waals surface area contributed by atoms with Gasteiger partial charge in [-0.25, -0.2) is 9.97 Å². The van der Waals surface area contributed by atoms with Crippen LogP contribution in [0.5, 0.6) is 0 Å². The van der Waals surface area contributed by atoms with Gasteiger partial charge in [-0.3, -0.25) is 0 Å². The largest absolute Gasteiger partial charge is 0.309 e. The van der Waals surface area contributed by atoms with Crippen LogP contribution in [0, 0.1) is 0 Å². The summed E-state index contributed by atoms with van der Waals surface area (Å²) in [5.41, 5.74) is 13.1. The lowest BCUT2D eigenvalue weighted by Gasteiger charge is -2.12. The van der Waals surface area contributed by atoms with Crippen molar-refractivity contribution >= 4 is 74.9 Å². The lowest BCUT2D eigenvalue weighted by molar-refractivity contribution is 1.18. The number of hydrogen-bond donors (Lipinski definition) is 0. The summed E-state index contributed by atoms with van der Waals surface area (Å²) in [5.74, 6) is 0.699. The van der Waals surface area contributed by atoms with Crippen LogP contribution in [0.4, 0.5) is 0 Å². The van der Waals surface area contributed by atoms with Crippen LogP contribution in [-0.4, -0.2) is 14.5 Å². The zero-order chi connectivity index (χ0) is 42.1. The minimum absolute atomic E-state index is 0.699. The number of benzene rings is 10. The quantitative estimate of drug-likeness (QED) is 0.167. The van der Waals surface area contributed by atoms with E-state index in [0.29, 0.717) is 5.82 Å². The summed E-state index contributed by atoms with van der Waals surface area (Å²) in [6.45, 7) is 0. The van der Waals surface area contributed by atoms with Crippen molar-refractivity contribution in [3.8, 4) is 61.8 Å². The SMILES string of the molecule is c1ccc(-c2cccc(-c3cc(-c4ccc(-c5ccc6ccccc6c5)cc4)nc(-c4ccc5c(c4)sc4cccc(-n6c7ccccc7c7c8ccccc8ccc76)c45)n3)c2)cc1. The van der Waals surface area contributed by atoms with Crippen molar-refractivity contribution in [2.75, 3.05) is 0 Å². The van der Waals surface area contributed by atoms with Gasteiger partial charge in [0.2, 0.25) is 0 Å². The summed E-state index contributed by atoms with van der Waals surface area (Å²) in [4.78, 5) is 10.7. The molecule has 0 saturated carbocycles. The number of thiophene rings is 1. The number of nitrogens with zero attached hydrogens (tertiary/aromatic N) is 3. The average molecular weight is 832 g/mol. The lowest BCUT2D eigenvalue weighted by atomic mass is 9.98. The smallest absolute Gasteiger partial charge is 0.160 e. The van der Waals surface area contributed by atoms with Crippen LogP contribution in [0.25, 0.3) is 125 Å². The molecule has 298 valence electrons. The van der Waals surface area contributed by atoms with Crippen molar-refractivity contribution in [2.24, 2.45) is 0 Å². The molecule has 0 radical (unpaired) electrons. The van der Waals surface area contributed by atoms with Crippen LogP contribution in [0.15, 0.2) is 224 Å². The average Bonchev–Trinajstić information content (AvgIpc) is 3.92. The molecule has 4 heteroatoms. The molecule has 0 aliphatic heterocycles. The highest BCUT2D eigenvalue weighted by Crippen LogP contribution is 2.43. The highest BCUT2D eigenvalue weighted by atomic mass is 32.1. The third-order valence-corrected chi connectivity index (χ3v) is 13.9. The van der Waals surface area contributed by atoms with Crippen molar-refractivity contribution in [2.45, 2.75) is 0 Å². The molecule has 13 rings (SSSR count). The second kappa shape index (κ2) is 14.7. The van der Waals surface area contributed by atoms with Gasteiger partial charge in [-0.2, -0.15) is 0 Å². The Hall–Kier alpha value is -8.18. The molecule has 64 heavy (non-hydrogen) atoms. The maximum absolute atomic E-state index is 5.33. The van der Waals surface area contributed by atoms with E-state index in [1.807, 2.05) is 11.3 Å². The van der Waals surface area contributed by atoms with Crippen LogP contribution < -0.4 is 0 Å². The molecule has 10 aromatic carbocycles. The molecule has 3 heterocycles. The molecular formula is C60H37N3S. The number of rotatable bonds is 6. The van der Waals surface area contributed by atoms with E-state index in [9.17, 15) is 0 Å². The number of aromatic nitrogens is 3. The van der Waals surface area contributed by atoms with E-state index in [1.165, 1.54) is 85.9 Å². The van der Waals surface area contributed by atoms with E-state index in [0.717, 1.165) is 33.6 Å². The molecule has 0 aliphatic carbocycles. The Morgan fingerprint density at radius 3 is 1.81 bits per heavy atom. The van der Waals surface area contributed by atoms with Gasteiger partial charge in [0.15, 0.2) is 5.82 Å². The fourth-order valence-electron chi connectivity index (χ4n) is 9.69. The van der Waals surface area contributed by atoms with Crippen molar-refractivity contribution in [3.05, 3.63) is 224 Å². The normalized spacial score (nSPS) is 11.8. The topological polar surface area (TPSA) is 30.7 Å². The minimum atomic E-state index is 0.699. The van der Waals surface area contributed by atoms with E-state index >= 15 is 0 Å². The highest BCUT2D eigenvalue weighted by Gasteiger charge is 2.19. The van der Waals surface area contributed by atoms with Gasteiger partial charge < -0.3 is 4.57 Å². The highest BCUT2D eigenvalue weighted by molar-refractivity contribution is 7.26. The van der Waals surface area contributed by atoms with Crippen LogP contribution >= 0.6 is 11.3 Å². The lowest BCUT2D eigenvalue weighted by Crippen LogP contribution is -1.96. The Kier molecular flexibility index (Phi) is 8.40. The third-order valence-electron chi connectivity index (χ3n) is 12.8. The van der Waals surface area contributed by atoms with Gasteiger partial charge in [-0.05, 0) is 92.3 Å². The van der Waals surface area contributed by atoms with Crippen molar-refractivity contribution in [3.63, 3.8) is 0 Å². The van der Waals surface area contributed by atoms with Crippen LogP contribution in [0.2, 0.25) is 0 Å². The molecule has 3 nitrogen and oxygen atoms in total. The minimum Gasteiger partial charge on any atom is -0.309 e. The Labute approximate surface area is 373 Å². The Balaban J connectivity index is 0.958. The van der Waals surface area contributed by atoms with Crippen molar-refractivity contribution in [1.29, 1.82) is 0 Å². The predicted molar refractivity (Wildman–Crippen MR) is 271 cm³/mol. The summed E-state index contributed by atoms with van der Waals surface area (Å²) in [6.07, 6.45) is 0. The fourth-order valence-corrected chi connectivity index (χ4v) is 10.9. The van der Waals surface area contributed by atoms with Gasteiger partial charge in [-0.1, -0.05) is 176 Å². The van der Waals surface area contributed by atoms with Gasteiger partial charge in [0.1, 0.15) is 0 Å². The molecule has 0 bridgehead atoms. The first-order valence-electron chi connectivity index (χ1n) is 21.7. The van der Waals surface area contributed by atoms with Crippen molar-refractivity contribution in [1.82, 2.24) is 14.5 Å². The first kappa shape index (κ1) is 36.5. The summed E-state index contributed by atoms with van der Waals surface area (Å²) in [6, 6.07) is 80.9. The second-order valence-electron chi connectivity index (χ2n) is 16.5. The maximum Gasteiger partial charge on any atom is 0.160 e. The molecule has 0 atom stereocenters. The molecule has 0 spiro atoms. The van der Waals surface area contributed by atoms with E-state index in [4.69, 9.17) is 9.97 Å². The molecular weight excluding hydrogens is 795 g/mol. The molecule has 0 saturated heterocycles. The Morgan fingerprint density at radius 1 is 0.312 bits per heavy atom. The summed E-state index contributed by atoms with van der Waals surface area (Å²) in [5, 5.41) is 10.0. The number of para-hydroxylation sites is 1. The monoisotopic (exact) mass is 831 g/mol. The summed E-state index contributed by atoms with van der Waals surface area (Å²) < 4.78 is 4.91.